The fourth-order valence-corrected chi connectivity index (χ4v) is 2.98. The molecule has 0 unspecified atom stereocenters. The molecule has 1 aliphatic heterocycles. The molecule has 1 aliphatic rings. The maximum atomic E-state index is 5.72. The number of rotatable bonds is 2. The van der Waals surface area contributed by atoms with Crippen molar-refractivity contribution >= 4 is 23.1 Å². The molecule has 0 spiro atoms. The van der Waals surface area contributed by atoms with Crippen LogP contribution in [0.3, 0.4) is 0 Å². The lowest BCUT2D eigenvalue weighted by Gasteiger charge is -2.37. The molecule has 3 aromatic rings. The lowest BCUT2D eigenvalue weighted by molar-refractivity contribution is 0.640. The predicted octanol–water partition coefficient (Wildman–Crippen LogP) is 1.64. The van der Waals surface area contributed by atoms with Crippen molar-refractivity contribution in [1.29, 1.82) is 0 Å². The maximum Gasteiger partial charge on any atom is 0.240 e. The van der Waals surface area contributed by atoms with E-state index >= 15 is 0 Å². The second-order valence-electron chi connectivity index (χ2n) is 5.43. The third-order valence-electron chi connectivity index (χ3n) is 4.08. The number of piperazine rings is 1. The third kappa shape index (κ3) is 2.22. The van der Waals surface area contributed by atoms with E-state index in [4.69, 9.17) is 5.73 Å². The van der Waals surface area contributed by atoms with Gasteiger partial charge >= 0.3 is 0 Å². The van der Waals surface area contributed by atoms with Crippen LogP contribution in [0.25, 0.3) is 5.65 Å². The minimum absolute atomic E-state index is 0.315. The quantitative estimate of drug-likeness (QED) is 0.778. The third-order valence-corrected chi connectivity index (χ3v) is 4.08. The SMILES string of the molecule is Nc1nc2cccc(N3CCN(c4ccccc4)CC3)n2n1. The minimum atomic E-state index is 0.315. The van der Waals surface area contributed by atoms with Crippen molar-refractivity contribution in [3.8, 4) is 0 Å². The second kappa shape index (κ2) is 5.22. The van der Waals surface area contributed by atoms with Crippen molar-refractivity contribution in [2.75, 3.05) is 41.7 Å². The minimum Gasteiger partial charge on any atom is -0.368 e. The molecule has 6 nitrogen and oxygen atoms in total. The first-order chi connectivity index (χ1) is 10.8. The normalized spacial score (nSPS) is 15.5. The topological polar surface area (TPSA) is 62.7 Å². The summed E-state index contributed by atoms with van der Waals surface area (Å²) in [5.41, 5.74) is 7.79. The summed E-state index contributed by atoms with van der Waals surface area (Å²) in [7, 11) is 0. The molecule has 0 radical (unpaired) electrons. The van der Waals surface area contributed by atoms with Crippen molar-refractivity contribution in [1.82, 2.24) is 14.6 Å². The number of fused-ring (bicyclic) bond motifs is 1. The molecule has 3 heterocycles. The number of hydrogen-bond donors (Lipinski definition) is 1. The summed E-state index contributed by atoms with van der Waals surface area (Å²) >= 11 is 0. The fraction of sp³-hybridized carbons (Fsp3) is 0.250. The van der Waals surface area contributed by atoms with Gasteiger partial charge in [0, 0.05) is 31.9 Å². The summed E-state index contributed by atoms with van der Waals surface area (Å²) in [6.45, 7) is 3.89. The molecule has 0 atom stereocenters. The van der Waals surface area contributed by atoms with Crippen LogP contribution in [0.5, 0.6) is 0 Å². The Bertz CT molecular complexity index is 774. The van der Waals surface area contributed by atoms with Crippen LogP contribution in [-0.4, -0.2) is 40.8 Å². The van der Waals surface area contributed by atoms with E-state index in [-0.39, 0.29) is 0 Å². The Morgan fingerprint density at radius 2 is 1.55 bits per heavy atom. The first kappa shape index (κ1) is 12.9. The number of anilines is 3. The van der Waals surface area contributed by atoms with Gasteiger partial charge < -0.3 is 15.5 Å². The van der Waals surface area contributed by atoms with Gasteiger partial charge in [0.2, 0.25) is 5.95 Å². The van der Waals surface area contributed by atoms with Gasteiger partial charge in [-0.05, 0) is 24.3 Å². The van der Waals surface area contributed by atoms with Gasteiger partial charge in [-0.3, -0.25) is 0 Å². The van der Waals surface area contributed by atoms with Crippen molar-refractivity contribution in [2.24, 2.45) is 0 Å². The Hall–Kier alpha value is -2.76. The van der Waals surface area contributed by atoms with Crippen LogP contribution in [0.1, 0.15) is 0 Å². The van der Waals surface area contributed by atoms with Crippen LogP contribution >= 0.6 is 0 Å². The first-order valence-corrected chi connectivity index (χ1v) is 7.47. The van der Waals surface area contributed by atoms with Crippen LogP contribution in [0.4, 0.5) is 17.5 Å². The molecule has 112 valence electrons. The maximum absolute atomic E-state index is 5.72. The summed E-state index contributed by atoms with van der Waals surface area (Å²) < 4.78 is 1.83. The van der Waals surface area contributed by atoms with Gasteiger partial charge in [-0.1, -0.05) is 24.3 Å². The summed E-state index contributed by atoms with van der Waals surface area (Å²) in [6.07, 6.45) is 0. The number of nitrogens with two attached hydrogens (primary N) is 1. The molecule has 22 heavy (non-hydrogen) atoms. The van der Waals surface area contributed by atoms with Crippen molar-refractivity contribution in [3.63, 3.8) is 0 Å². The van der Waals surface area contributed by atoms with Gasteiger partial charge in [0.1, 0.15) is 5.82 Å². The highest BCUT2D eigenvalue weighted by atomic mass is 15.4. The smallest absolute Gasteiger partial charge is 0.240 e. The molecular weight excluding hydrogens is 276 g/mol. The fourth-order valence-electron chi connectivity index (χ4n) is 2.98. The van der Waals surface area contributed by atoms with Gasteiger partial charge in [0.25, 0.3) is 0 Å². The Morgan fingerprint density at radius 3 is 2.32 bits per heavy atom. The van der Waals surface area contributed by atoms with Gasteiger partial charge in [-0.25, -0.2) is 0 Å². The van der Waals surface area contributed by atoms with E-state index in [2.05, 4.69) is 56.3 Å². The molecule has 1 saturated heterocycles. The van der Waals surface area contributed by atoms with Crippen molar-refractivity contribution in [2.45, 2.75) is 0 Å². The molecule has 2 N–H and O–H groups in total. The lowest BCUT2D eigenvalue weighted by Crippen LogP contribution is -2.47. The van der Waals surface area contributed by atoms with E-state index in [1.165, 1.54) is 5.69 Å². The highest BCUT2D eigenvalue weighted by Crippen LogP contribution is 2.21. The van der Waals surface area contributed by atoms with Crippen LogP contribution < -0.4 is 15.5 Å². The average molecular weight is 294 g/mol. The molecule has 0 amide bonds. The number of benzene rings is 1. The summed E-state index contributed by atoms with van der Waals surface area (Å²) in [4.78, 5) is 8.97. The van der Waals surface area contributed by atoms with E-state index in [1.54, 1.807) is 0 Å². The molecule has 0 saturated carbocycles. The average Bonchev–Trinajstić information content (AvgIpc) is 2.96. The molecule has 1 aromatic carbocycles. The van der Waals surface area contributed by atoms with Crippen LogP contribution in [0, 0.1) is 0 Å². The molecule has 6 heteroatoms. The molecule has 0 bridgehead atoms. The molecule has 0 aliphatic carbocycles. The van der Waals surface area contributed by atoms with Crippen molar-refractivity contribution in [3.05, 3.63) is 48.5 Å². The predicted molar refractivity (Wildman–Crippen MR) is 88.3 cm³/mol. The standard InChI is InChI=1S/C16H18N6/c17-16-18-14-7-4-8-15(22(14)19-16)21-11-9-20(10-12-21)13-5-2-1-3-6-13/h1-8H,9-12H2,(H2,17,19). The molecule has 1 fully saturated rings. The Morgan fingerprint density at radius 1 is 0.818 bits per heavy atom. The van der Waals surface area contributed by atoms with Gasteiger partial charge in [0.05, 0.1) is 0 Å². The number of nitrogen functional groups attached to an aromatic ring is 1. The highest BCUT2D eigenvalue weighted by Gasteiger charge is 2.19. The van der Waals surface area contributed by atoms with Crippen molar-refractivity contribution < 1.29 is 0 Å². The van der Waals surface area contributed by atoms with E-state index in [9.17, 15) is 0 Å². The number of hydrogen-bond acceptors (Lipinski definition) is 5. The zero-order valence-electron chi connectivity index (χ0n) is 12.3. The molecular formula is C16H18N6. The number of nitrogens with zero attached hydrogens (tertiary/aromatic N) is 5. The molecule has 2 aromatic heterocycles. The van der Waals surface area contributed by atoms with Crippen LogP contribution in [0.15, 0.2) is 48.5 Å². The second-order valence-corrected chi connectivity index (χ2v) is 5.43. The van der Waals surface area contributed by atoms with Gasteiger partial charge in [0.15, 0.2) is 5.65 Å². The molecule has 4 rings (SSSR count). The Kier molecular flexibility index (Phi) is 3.07. The Balaban J connectivity index is 1.56. The zero-order valence-corrected chi connectivity index (χ0v) is 12.3. The van der Waals surface area contributed by atoms with Gasteiger partial charge in [-0.15, -0.1) is 5.10 Å². The van der Waals surface area contributed by atoms with Gasteiger partial charge in [-0.2, -0.15) is 9.50 Å². The van der Waals surface area contributed by atoms with E-state index < -0.39 is 0 Å². The monoisotopic (exact) mass is 294 g/mol. The number of pyridine rings is 1. The summed E-state index contributed by atoms with van der Waals surface area (Å²) in [5, 5.41) is 4.29. The van der Waals surface area contributed by atoms with Crippen LogP contribution in [0.2, 0.25) is 0 Å². The Labute approximate surface area is 128 Å². The highest BCUT2D eigenvalue weighted by molar-refractivity contribution is 5.54. The van der Waals surface area contributed by atoms with E-state index in [1.807, 2.05) is 16.6 Å². The first-order valence-electron chi connectivity index (χ1n) is 7.47. The van der Waals surface area contributed by atoms with Crippen LogP contribution in [-0.2, 0) is 0 Å². The van der Waals surface area contributed by atoms with E-state index in [0.29, 0.717) is 5.95 Å². The number of aromatic nitrogens is 3. The number of para-hydroxylation sites is 1. The largest absolute Gasteiger partial charge is 0.368 e. The van der Waals surface area contributed by atoms with E-state index in [0.717, 1.165) is 37.6 Å². The zero-order chi connectivity index (χ0) is 14.9. The summed E-state index contributed by atoms with van der Waals surface area (Å²) in [5.74, 6) is 1.37. The summed E-state index contributed by atoms with van der Waals surface area (Å²) in [6, 6.07) is 16.5. The lowest BCUT2D eigenvalue weighted by atomic mass is 10.2.